The molecule has 0 unspecified atom stereocenters. The lowest BCUT2D eigenvalue weighted by molar-refractivity contribution is -0.143. The van der Waals surface area contributed by atoms with Crippen LogP contribution in [-0.4, -0.2) is 88.4 Å². The third-order valence-electron chi connectivity index (χ3n) is 10.6. The zero-order valence-electron chi connectivity index (χ0n) is 47.4. The van der Waals surface area contributed by atoms with Gasteiger partial charge in [-0.1, -0.05) is 99.6 Å². The first-order valence-corrected chi connectivity index (χ1v) is 26.7. The van der Waals surface area contributed by atoms with Gasteiger partial charge in [-0.05, 0) is 165 Å². The van der Waals surface area contributed by atoms with E-state index in [1.807, 2.05) is 27.7 Å². The molecular formula is C63H86O15. The second-order valence-electron chi connectivity index (χ2n) is 20.5. The minimum absolute atomic E-state index is 0.133. The van der Waals surface area contributed by atoms with Gasteiger partial charge in [-0.25, -0.2) is 14.4 Å². The quantitative estimate of drug-likeness (QED) is 0.0233. The van der Waals surface area contributed by atoms with Gasteiger partial charge in [0.15, 0.2) is 0 Å². The molecule has 0 aromatic heterocycles. The molecule has 0 aliphatic carbocycles. The van der Waals surface area contributed by atoms with Crippen LogP contribution in [0.3, 0.4) is 0 Å². The SMILES string of the molecule is CC(C)CCCOC(=O)Cc1ccc(O)cc1.CC(C)CCCOC(=O)Cc1ccccc1O.CC(C)CCCOC(=O)c1ccc(O)cc1.CC(C)COC(=O)c1ccc(O)cc1.CC(C)COC(=O)c1ccc(O)cc1. The summed E-state index contributed by atoms with van der Waals surface area (Å²) in [5.41, 5.74) is 2.87. The van der Waals surface area contributed by atoms with Crippen molar-refractivity contribution in [1.82, 2.24) is 0 Å². The molecule has 0 saturated heterocycles. The summed E-state index contributed by atoms with van der Waals surface area (Å²) >= 11 is 0. The summed E-state index contributed by atoms with van der Waals surface area (Å²) in [7, 11) is 0. The molecule has 5 aromatic rings. The van der Waals surface area contributed by atoms with Crippen LogP contribution in [-0.2, 0) is 46.1 Å². The molecule has 0 radical (unpaired) electrons. The number of carbonyl (C=O) groups excluding carboxylic acids is 5. The number of phenolic OH excluding ortho intramolecular Hbond substituents is 5. The standard InChI is InChI=1S/2C14H20O3.C13H18O3.2C11H14O3/c1-11(2)4-3-9-17-14(16)10-12-5-7-13(15)8-6-12;1-11(2)6-5-9-17-14(16)10-12-7-3-4-8-13(12)15;1-10(2)4-3-9-16-13(15)11-5-7-12(14)8-6-11;2*1-8(2)7-14-11(13)9-3-5-10(12)6-4-9/h5-8,11,15H,3-4,9-10H2,1-2H3;3-4,7-8,11,15H,5-6,9-10H2,1-2H3;5-8,10,14H,3-4,9H2,1-2H3;2*3-6,8,12H,7H2,1-2H3. The molecule has 0 aliphatic heterocycles. The van der Waals surface area contributed by atoms with Crippen molar-refractivity contribution in [2.75, 3.05) is 33.0 Å². The Morgan fingerprint density at radius 2 is 0.667 bits per heavy atom. The molecule has 0 amide bonds. The smallest absolute Gasteiger partial charge is 0.338 e. The lowest BCUT2D eigenvalue weighted by atomic mass is 10.1. The lowest BCUT2D eigenvalue weighted by Crippen LogP contribution is -2.09. The average molecular weight is 1080 g/mol. The highest BCUT2D eigenvalue weighted by Crippen LogP contribution is 2.18. The number of carbonyl (C=O) groups is 5. The third kappa shape index (κ3) is 34.9. The number of phenols is 5. The first kappa shape index (κ1) is 68.5. The first-order valence-electron chi connectivity index (χ1n) is 26.7. The highest BCUT2D eigenvalue weighted by atomic mass is 16.5. The number of benzene rings is 5. The predicted molar refractivity (Wildman–Crippen MR) is 303 cm³/mol. The highest BCUT2D eigenvalue weighted by Gasteiger charge is 2.11. The maximum absolute atomic E-state index is 11.5. The molecular weight excluding hydrogens is 997 g/mol. The summed E-state index contributed by atoms with van der Waals surface area (Å²) in [6, 6.07) is 31.5. The van der Waals surface area contributed by atoms with Crippen LogP contribution in [0.4, 0.5) is 0 Å². The first-order chi connectivity index (χ1) is 36.9. The number of para-hydroxylation sites is 1. The Morgan fingerprint density at radius 3 is 1.00 bits per heavy atom. The predicted octanol–water partition coefficient (Wildman–Crippen LogP) is 13.2. The maximum atomic E-state index is 11.5. The molecule has 0 spiro atoms. The van der Waals surface area contributed by atoms with Gasteiger partial charge in [0.1, 0.15) is 28.7 Å². The Labute approximate surface area is 462 Å². The molecule has 0 bridgehead atoms. The summed E-state index contributed by atoms with van der Waals surface area (Å²) in [6.45, 7) is 23.0. The van der Waals surface area contributed by atoms with Crippen molar-refractivity contribution in [2.24, 2.45) is 29.6 Å². The normalized spacial score (nSPS) is 10.4. The molecule has 5 aromatic carbocycles. The van der Waals surface area contributed by atoms with Gasteiger partial charge in [-0.2, -0.15) is 0 Å². The van der Waals surface area contributed by atoms with E-state index in [2.05, 4.69) is 41.5 Å². The molecule has 15 nitrogen and oxygen atoms in total. The molecule has 0 atom stereocenters. The number of hydrogen-bond acceptors (Lipinski definition) is 15. The molecule has 0 heterocycles. The van der Waals surface area contributed by atoms with Gasteiger partial charge in [0.05, 0.1) is 62.6 Å². The number of rotatable bonds is 23. The molecule has 0 aliphatic rings. The number of hydrogen-bond donors (Lipinski definition) is 5. The van der Waals surface area contributed by atoms with Crippen molar-refractivity contribution < 1.29 is 73.2 Å². The van der Waals surface area contributed by atoms with Gasteiger partial charge < -0.3 is 49.2 Å². The van der Waals surface area contributed by atoms with E-state index in [-0.39, 0.29) is 71.4 Å². The van der Waals surface area contributed by atoms with Crippen LogP contribution < -0.4 is 0 Å². The highest BCUT2D eigenvalue weighted by molar-refractivity contribution is 5.90. The Morgan fingerprint density at radius 1 is 0.359 bits per heavy atom. The summed E-state index contributed by atoms with van der Waals surface area (Å²) in [6.07, 6.45) is 6.29. The van der Waals surface area contributed by atoms with Crippen molar-refractivity contribution in [1.29, 1.82) is 0 Å². The van der Waals surface area contributed by atoms with Crippen LogP contribution in [0.15, 0.2) is 121 Å². The van der Waals surface area contributed by atoms with Gasteiger partial charge in [0.25, 0.3) is 0 Å². The van der Waals surface area contributed by atoms with Crippen LogP contribution in [0.5, 0.6) is 28.7 Å². The topological polar surface area (TPSA) is 233 Å². The maximum Gasteiger partial charge on any atom is 0.338 e. The van der Waals surface area contributed by atoms with Crippen LogP contribution in [0.25, 0.3) is 0 Å². The van der Waals surface area contributed by atoms with E-state index >= 15 is 0 Å². The van der Waals surface area contributed by atoms with Gasteiger partial charge in [0, 0.05) is 5.56 Å². The van der Waals surface area contributed by atoms with Crippen LogP contribution >= 0.6 is 0 Å². The minimum atomic E-state index is -0.348. The van der Waals surface area contributed by atoms with E-state index in [0.29, 0.717) is 84.9 Å². The lowest BCUT2D eigenvalue weighted by Gasteiger charge is -2.07. The van der Waals surface area contributed by atoms with Gasteiger partial charge in [-0.15, -0.1) is 0 Å². The van der Waals surface area contributed by atoms with Crippen molar-refractivity contribution >= 4 is 29.8 Å². The zero-order valence-corrected chi connectivity index (χ0v) is 47.4. The molecule has 15 heteroatoms. The van der Waals surface area contributed by atoms with Crippen LogP contribution in [0, 0.1) is 29.6 Å². The summed E-state index contributed by atoms with van der Waals surface area (Å²) < 4.78 is 25.3. The monoisotopic (exact) mass is 1080 g/mol. The van der Waals surface area contributed by atoms with Crippen molar-refractivity contribution in [3.05, 3.63) is 149 Å². The van der Waals surface area contributed by atoms with E-state index in [9.17, 15) is 29.1 Å². The van der Waals surface area contributed by atoms with Gasteiger partial charge >= 0.3 is 29.8 Å². The summed E-state index contributed by atoms with van der Waals surface area (Å²) in [4.78, 5) is 57.1. The van der Waals surface area contributed by atoms with E-state index in [1.54, 1.807) is 60.7 Å². The second kappa shape index (κ2) is 39.8. The third-order valence-corrected chi connectivity index (χ3v) is 10.6. The largest absolute Gasteiger partial charge is 0.508 e. The minimum Gasteiger partial charge on any atom is -0.508 e. The fraction of sp³-hybridized carbons (Fsp3) is 0.444. The molecule has 5 N–H and O–H groups in total. The molecule has 0 fully saturated rings. The Balaban J connectivity index is 0.000000489. The van der Waals surface area contributed by atoms with Crippen molar-refractivity contribution in [3.63, 3.8) is 0 Å². The molecule has 428 valence electrons. The van der Waals surface area contributed by atoms with Crippen LogP contribution in [0.2, 0.25) is 0 Å². The van der Waals surface area contributed by atoms with E-state index < -0.39 is 0 Å². The Bertz CT molecular complexity index is 2360. The number of ether oxygens (including phenoxy) is 5. The summed E-state index contributed by atoms with van der Waals surface area (Å²) in [5, 5.41) is 45.7. The van der Waals surface area contributed by atoms with Crippen molar-refractivity contribution in [2.45, 2.75) is 121 Å². The fourth-order valence-electron chi connectivity index (χ4n) is 6.24. The summed E-state index contributed by atoms with van der Waals surface area (Å²) in [5.74, 6) is 1.84. The van der Waals surface area contributed by atoms with Gasteiger partial charge in [-0.3, -0.25) is 9.59 Å². The average Bonchev–Trinajstić information content (AvgIpc) is 3.39. The van der Waals surface area contributed by atoms with Crippen LogP contribution in [0.1, 0.15) is 150 Å². The number of esters is 5. The fourth-order valence-corrected chi connectivity index (χ4v) is 6.24. The second-order valence-corrected chi connectivity index (χ2v) is 20.5. The van der Waals surface area contributed by atoms with E-state index in [0.717, 1.165) is 44.1 Å². The molecule has 0 saturated carbocycles. The van der Waals surface area contributed by atoms with E-state index in [4.69, 9.17) is 44.1 Å². The number of aromatic hydroxyl groups is 5. The molecule has 5 rings (SSSR count). The zero-order chi connectivity index (χ0) is 58.4. The molecule has 78 heavy (non-hydrogen) atoms. The van der Waals surface area contributed by atoms with E-state index in [1.165, 1.54) is 60.7 Å². The Kier molecular flexibility index (Phi) is 34.9. The Hall–Kier alpha value is -7.55. The van der Waals surface area contributed by atoms with Gasteiger partial charge in [0.2, 0.25) is 0 Å². The van der Waals surface area contributed by atoms with Crippen molar-refractivity contribution in [3.8, 4) is 28.7 Å².